The molecule has 6 heteroatoms. The molecule has 0 unspecified atom stereocenters. The summed E-state index contributed by atoms with van der Waals surface area (Å²) in [6, 6.07) is 9.55. The van der Waals surface area contributed by atoms with E-state index in [2.05, 4.69) is 15.3 Å². The topological polar surface area (TPSA) is 64.1 Å². The van der Waals surface area contributed by atoms with Crippen LogP contribution in [0.2, 0.25) is 0 Å². The van der Waals surface area contributed by atoms with E-state index >= 15 is 0 Å². The van der Waals surface area contributed by atoms with E-state index < -0.39 is 0 Å². The normalized spacial score (nSPS) is 12.4. The van der Waals surface area contributed by atoms with Crippen molar-refractivity contribution < 1.29 is 9.53 Å². The molecular weight excluding hydrogens is 334 g/mol. The Balaban J connectivity index is 1.67. The Morgan fingerprint density at radius 3 is 2.88 bits per heavy atom. The van der Waals surface area contributed by atoms with Crippen LogP contribution in [0.1, 0.15) is 24.4 Å². The predicted octanol–water partition coefficient (Wildman–Crippen LogP) is 4.33. The quantitative estimate of drug-likeness (QED) is 0.741. The predicted molar refractivity (Wildman–Crippen MR) is 101 cm³/mol. The number of ether oxygens (including phenoxy) is 1. The Morgan fingerprint density at radius 1 is 1.32 bits per heavy atom. The van der Waals surface area contributed by atoms with Crippen molar-refractivity contribution in [1.82, 2.24) is 15.3 Å². The van der Waals surface area contributed by atoms with Crippen molar-refractivity contribution in [3.63, 3.8) is 0 Å². The van der Waals surface area contributed by atoms with Crippen LogP contribution in [-0.4, -0.2) is 21.9 Å². The molecule has 3 aromatic rings. The third-order valence-corrected chi connectivity index (χ3v) is 4.39. The van der Waals surface area contributed by atoms with Gasteiger partial charge in [0.2, 0.25) is 11.8 Å². The first-order valence-electron chi connectivity index (χ1n) is 7.96. The van der Waals surface area contributed by atoms with Crippen LogP contribution in [-0.2, 0) is 4.79 Å². The molecule has 0 bridgehead atoms. The molecule has 2 aromatic heterocycles. The van der Waals surface area contributed by atoms with Gasteiger partial charge < -0.3 is 10.1 Å². The fourth-order valence-electron chi connectivity index (χ4n) is 2.38. The van der Waals surface area contributed by atoms with Crippen molar-refractivity contribution in [2.75, 3.05) is 0 Å². The van der Waals surface area contributed by atoms with Crippen LogP contribution >= 0.6 is 11.3 Å². The minimum absolute atomic E-state index is 0.0250. The van der Waals surface area contributed by atoms with Gasteiger partial charge in [0.25, 0.3) is 0 Å². The first-order valence-corrected chi connectivity index (χ1v) is 8.77. The molecule has 0 aliphatic rings. The Hall–Kier alpha value is -2.73. The molecule has 1 N–H and O–H groups in total. The van der Waals surface area contributed by atoms with Gasteiger partial charge in [0.15, 0.2) is 0 Å². The molecule has 0 aliphatic heterocycles. The van der Waals surface area contributed by atoms with E-state index in [-0.39, 0.29) is 11.9 Å². The number of fused-ring (bicyclic) bond motifs is 1. The maximum atomic E-state index is 11.0. The minimum Gasteiger partial charge on any atom is -0.439 e. The van der Waals surface area contributed by atoms with Crippen LogP contribution in [0.3, 0.4) is 0 Å². The highest BCUT2D eigenvalue weighted by atomic mass is 32.1. The molecule has 0 saturated carbocycles. The maximum Gasteiger partial charge on any atom is 0.219 e. The molecule has 128 valence electrons. The highest BCUT2D eigenvalue weighted by Gasteiger charge is 2.04. The molecule has 2 heterocycles. The van der Waals surface area contributed by atoms with Gasteiger partial charge in [-0.2, -0.15) is 0 Å². The number of benzene rings is 1. The third kappa shape index (κ3) is 4.64. The molecule has 0 spiro atoms. The second kappa shape index (κ2) is 7.44. The van der Waals surface area contributed by atoms with E-state index in [0.29, 0.717) is 5.88 Å². The Morgan fingerprint density at radius 2 is 2.16 bits per heavy atom. The number of carbonyl (C=O) groups is 1. The maximum absolute atomic E-state index is 11.0. The Kier molecular flexibility index (Phi) is 5.09. The lowest BCUT2D eigenvalue weighted by atomic mass is 10.2. The number of pyridine rings is 1. The summed E-state index contributed by atoms with van der Waals surface area (Å²) in [5, 5.41) is 3.84. The standard InChI is InChI=1S/C19H19N3O2S/c1-12(21-13(2)23)4-5-15-6-9-19(20-11-15)24-16-7-8-17-18(10-16)25-14(3)22-17/h4-12H,1-3H3,(H,21,23)/b5-4+/t12-/m0/s1. The van der Waals surface area contributed by atoms with Crippen LogP contribution in [0.15, 0.2) is 42.6 Å². The lowest BCUT2D eigenvalue weighted by Gasteiger charge is -2.07. The number of hydrogen-bond acceptors (Lipinski definition) is 5. The van der Waals surface area contributed by atoms with Crippen LogP contribution in [0.4, 0.5) is 0 Å². The second-order valence-electron chi connectivity index (χ2n) is 5.74. The largest absolute Gasteiger partial charge is 0.439 e. The molecule has 25 heavy (non-hydrogen) atoms. The van der Waals surface area contributed by atoms with Gasteiger partial charge in [-0.3, -0.25) is 4.79 Å². The fourth-order valence-corrected chi connectivity index (χ4v) is 3.23. The number of carbonyl (C=O) groups excluding carboxylic acids is 1. The van der Waals surface area contributed by atoms with Crippen LogP contribution in [0.5, 0.6) is 11.6 Å². The fraction of sp³-hybridized carbons (Fsp3) is 0.211. The number of nitrogens with one attached hydrogen (secondary N) is 1. The molecule has 0 saturated heterocycles. The number of aromatic nitrogens is 2. The van der Waals surface area contributed by atoms with Crippen molar-refractivity contribution in [3.05, 3.63) is 53.2 Å². The van der Waals surface area contributed by atoms with E-state index in [0.717, 1.165) is 26.5 Å². The van der Waals surface area contributed by atoms with Crippen molar-refractivity contribution in [2.24, 2.45) is 0 Å². The summed E-state index contributed by atoms with van der Waals surface area (Å²) in [7, 11) is 0. The van der Waals surface area contributed by atoms with E-state index in [1.807, 2.05) is 56.3 Å². The molecular formula is C19H19N3O2S. The monoisotopic (exact) mass is 353 g/mol. The summed E-state index contributed by atoms with van der Waals surface area (Å²) in [5.74, 6) is 1.23. The van der Waals surface area contributed by atoms with E-state index in [4.69, 9.17) is 4.74 Å². The molecule has 0 aliphatic carbocycles. The van der Waals surface area contributed by atoms with Gasteiger partial charge in [-0.15, -0.1) is 11.3 Å². The summed E-state index contributed by atoms with van der Waals surface area (Å²) < 4.78 is 6.91. The average Bonchev–Trinajstić information content (AvgIpc) is 2.93. The Bertz CT molecular complexity index is 916. The van der Waals surface area contributed by atoms with E-state index in [1.54, 1.807) is 17.5 Å². The third-order valence-electron chi connectivity index (χ3n) is 3.46. The Labute approximate surface area is 150 Å². The van der Waals surface area contributed by atoms with E-state index in [9.17, 15) is 4.79 Å². The number of rotatable bonds is 5. The van der Waals surface area contributed by atoms with Gasteiger partial charge in [0, 0.05) is 31.3 Å². The van der Waals surface area contributed by atoms with E-state index in [1.165, 1.54) is 6.92 Å². The van der Waals surface area contributed by atoms with Crippen molar-refractivity contribution >= 4 is 33.5 Å². The smallest absolute Gasteiger partial charge is 0.219 e. The average molecular weight is 353 g/mol. The van der Waals surface area contributed by atoms with Crippen LogP contribution < -0.4 is 10.1 Å². The molecule has 1 aromatic carbocycles. The van der Waals surface area contributed by atoms with Gasteiger partial charge in [-0.25, -0.2) is 9.97 Å². The number of thiazole rings is 1. The number of amides is 1. The summed E-state index contributed by atoms with van der Waals surface area (Å²) in [5.41, 5.74) is 1.93. The molecule has 1 amide bonds. The van der Waals surface area contributed by atoms with Crippen molar-refractivity contribution in [3.8, 4) is 11.6 Å². The highest BCUT2D eigenvalue weighted by Crippen LogP contribution is 2.28. The SMILES string of the molecule is CC(=O)N[C@@H](C)/C=C/c1ccc(Oc2ccc3nc(C)sc3c2)nc1. The van der Waals surface area contributed by atoms with Gasteiger partial charge in [-0.05, 0) is 37.6 Å². The molecule has 5 nitrogen and oxygen atoms in total. The zero-order chi connectivity index (χ0) is 17.8. The van der Waals surface area contributed by atoms with Crippen LogP contribution in [0.25, 0.3) is 16.3 Å². The lowest BCUT2D eigenvalue weighted by Crippen LogP contribution is -2.28. The second-order valence-corrected chi connectivity index (χ2v) is 6.98. The lowest BCUT2D eigenvalue weighted by molar-refractivity contribution is -0.119. The molecule has 3 rings (SSSR count). The first kappa shape index (κ1) is 17.1. The molecule has 0 fully saturated rings. The summed E-state index contributed by atoms with van der Waals surface area (Å²) in [6.07, 6.45) is 5.57. The summed E-state index contributed by atoms with van der Waals surface area (Å²) in [4.78, 5) is 19.8. The van der Waals surface area contributed by atoms with Crippen LogP contribution in [0, 0.1) is 6.92 Å². The number of nitrogens with zero attached hydrogens (tertiary/aromatic N) is 2. The van der Waals surface area contributed by atoms with Gasteiger partial charge in [-0.1, -0.05) is 12.2 Å². The van der Waals surface area contributed by atoms with Gasteiger partial charge in [0.05, 0.1) is 15.2 Å². The zero-order valence-electron chi connectivity index (χ0n) is 14.3. The van der Waals surface area contributed by atoms with Gasteiger partial charge in [0.1, 0.15) is 5.75 Å². The molecule has 1 atom stereocenters. The summed E-state index contributed by atoms with van der Waals surface area (Å²) >= 11 is 1.64. The molecule has 0 radical (unpaired) electrons. The van der Waals surface area contributed by atoms with Crippen molar-refractivity contribution in [2.45, 2.75) is 26.8 Å². The number of aryl methyl sites for hydroxylation is 1. The highest BCUT2D eigenvalue weighted by molar-refractivity contribution is 7.18. The summed E-state index contributed by atoms with van der Waals surface area (Å²) in [6.45, 7) is 5.41. The number of hydrogen-bond donors (Lipinski definition) is 1. The zero-order valence-corrected chi connectivity index (χ0v) is 15.1. The minimum atomic E-state index is -0.0490. The van der Waals surface area contributed by atoms with Crippen molar-refractivity contribution in [1.29, 1.82) is 0 Å². The first-order chi connectivity index (χ1) is 12.0. The van der Waals surface area contributed by atoms with Gasteiger partial charge >= 0.3 is 0 Å².